The van der Waals surface area contributed by atoms with Gasteiger partial charge in [0.1, 0.15) is 5.69 Å². The van der Waals surface area contributed by atoms with Crippen molar-refractivity contribution in [2.75, 3.05) is 24.6 Å². The van der Waals surface area contributed by atoms with E-state index in [4.69, 9.17) is 9.47 Å². The van der Waals surface area contributed by atoms with Gasteiger partial charge in [0.05, 0.1) is 17.1 Å². The Kier molecular flexibility index (Phi) is 4.87. The van der Waals surface area contributed by atoms with E-state index in [1.54, 1.807) is 6.07 Å². The lowest BCUT2D eigenvalue weighted by Crippen LogP contribution is -2.34. The number of nitrogens with zero attached hydrogens (tertiary/aromatic N) is 2. The number of anilines is 1. The summed E-state index contributed by atoms with van der Waals surface area (Å²) >= 11 is 0. The number of ether oxygens (including phenoxy) is 2. The van der Waals surface area contributed by atoms with E-state index in [0.29, 0.717) is 18.0 Å². The van der Waals surface area contributed by atoms with Crippen LogP contribution in [0.4, 0.5) is 11.4 Å². The molecule has 0 radical (unpaired) electrons. The molecule has 134 valence electrons. The molecule has 0 spiro atoms. The molecular formula is C17H20N2O6. The standard InChI is InChI=1S/C17H20N2O6/c1-11-3-2-7-18(10-11)13-5-4-12(9-14(13)19(22)23)16(20)25-15-6-8-24-17(15)21/h4-5,9,11,15H,2-3,6-8,10H2,1H3/t11-,15+/m1/s1. The predicted molar refractivity (Wildman–Crippen MR) is 88.5 cm³/mol. The summed E-state index contributed by atoms with van der Waals surface area (Å²) in [6.07, 6.45) is 1.45. The van der Waals surface area contributed by atoms with Crippen molar-refractivity contribution < 1.29 is 24.0 Å². The van der Waals surface area contributed by atoms with Crippen molar-refractivity contribution in [1.82, 2.24) is 0 Å². The summed E-state index contributed by atoms with van der Waals surface area (Å²) < 4.78 is 9.84. The number of esters is 2. The van der Waals surface area contributed by atoms with Crippen molar-refractivity contribution in [3.8, 4) is 0 Å². The highest BCUT2D eigenvalue weighted by Gasteiger charge is 2.31. The van der Waals surface area contributed by atoms with E-state index in [1.807, 2.05) is 4.90 Å². The summed E-state index contributed by atoms with van der Waals surface area (Å²) in [5, 5.41) is 11.5. The third kappa shape index (κ3) is 3.72. The number of carbonyl (C=O) groups is 2. The van der Waals surface area contributed by atoms with Gasteiger partial charge in [-0.3, -0.25) is 10.1 Å². The Morgan fingerprint density at radius 1 is 1.40 bits per heavy atom. The Bertz CT molecular complexity index is 704. The molecule has 25 heavy (non-hydrogen) atoms. The third-order valence-electron chi connectivity index (χ3n) is 4.54. The van der Waals surface area contributed by atoms with Crippen molar-refractivity contribution in [3.63, 3.8) is 0 Å². The van der Waals surface area contributed by atoms with Gasteiger partial charge in [-0.15, -0.1) is 0 Å². The molecule has 2 atom stereocenters. The Morgan fingerprint density at radius 3 is 2.84 bits per heavy atom. The lowest BCUT2D eigenvalue weighted by atomic mass is 9.99. The van der Waals surface area contributed by atoms with Crippen LogP contribution < -0.4 is 4.90 Å². The predicted octanol–water partition coefficient (Wildman–Crippen LogP) is 2.30. The number of hydrogen-bond acceptors (Lipinski definition) is 7. The molecule has 0 N–H and O–H groups in total. The van der Waals surface area contributed by atoms with Crippen molar-refractivity contribution >= 4 is 23.3 Å². The first kappa shape index (κ1) is 17.2. The first-order valence-electron chi connectivity index (χ1n) is 8.36. The molecule has 2 heterocycles. The second-order valence-corrected chi connectivity index (χ2v) is 6.50. The van der Waals surface area contributed by atoms with Crippen LogP contribution in [0.3, 0.4) is 0 Å². The van der Waals surface area contributed by atoms with Crippen molar-refractivity contribution in [2.24, 2.45) is 5.92 Å². The topological polar surface area (TPSA) is 99.0 Å². The lowest BCUT2D eigenvalue weighted by Gasteiger charge is -2.32. The van der Waals surface area contributed by atoms with Crippen LogP contribution in [0.1, 0.15) is 36.5 Å². The average Bonchev–Trinajstić information content (AvgIpc) is 2.99. The zero-order chi connectivity index (χ0) is 18.0. The fraction of sp³-hybridized carbons (Fsp3) is 0.529. The van der Waals surface area contributed by atoms with Gasteiger partial charge in [-0.05, 0) is 30.9 Å². The molecular weight excluding hydrogens is 328 g/mol. The van der Waals surface area contributed by atoms with E-state index in [9.17, 15) is 19.7 Å². The summed E-state index contributed by atoms with van der Waals surface area (Å²) in [6.45, 7) is 3.83. The zero-order valence-corrected chi connectivity index (χ0v) is 14.0. The first-order chi connectivity index (χ1) is 12.0. The third-order valence-corrected chi connectivity index (χ3v) is 4.54. The summed E-state index contributed by atoms with van der Waals surface area (Å²) in [5.74, 6) is -0.876. The van der Waals surface area contributed by atoms with Crippen LogP contribution in [-0.2, 0) is 14.3 Å². The number of benzene rings is 1. The number of nitro groups is 1. The molecule has 0 unspecified atom stereocenters. The normalized spacial score (nSPS) is 23.2. The fourth-order valence-corrected chi connectivity index (χ4v) is 3.25. The van der Waals surface area contributed by atoms with Gasteiger partial charge in [-0.25, -0.2) is 9.59 Å². The number of nitro benzene ring substituents is 1. The van der Waals surface area contributed by atoms with E-state index in [-0.39, 0.29) is 17.9 Å². The number of piperidine rings is 1. The van der Waals surface area contributed by atoms with Gasteiger partial charge in [-0.2, -0.15) is 0 Å². The maximum Gasteiger partial charge on any atom is 0.347 e. The summed E-state index contributed by atoms with van der Waals surface area (Å²) in [6, 6.07) is 4.31. The molecule has 2 aliphatic heterocycles. The van der Waals surface area contributed by atoms with Gasteiger partial charge < -0.3 is 14.4 Å². The van der Waals surface area contributed by atoms with Gasteiger partial charge in [0.2, 0.25) is 6.10 Å². The van der Waals surface area contributed by atoms with Gasteiger partial charge in [0.15, 0.2) is 0 Å². The zero-order valence-electron chi connectivity index (χ0n) is 14.0. The molecule has 0 saturated carbocycles. The second kappa shape index (κ2) is 7.08. The molecule has 8 heteroatoms. The summed E-state index contributed by atoms with van der Waals surface area (Å²) in [4.78, 5) is 36.5. The SMILES string of the molecule is C[C@@H]1CCCN(c2ccc(C(=O)O[C@H]3CCOC3=O)cc2[N+](=O)[O-])C1. The molecule has 0 aromatic heterocycles. The van der Waals surface area contributed by atoms with Crippen LogP contribution in [0, 0.1) is 16.0 Å². The molecule has 2 fully saturated rings. The smallest absolute Gasteiger partial charge is 0.347 e. The Hall–Kier alpha value is -2.64. The molecule has 0 bridgehead atoms. The van der Waals surface area contributed by atoms with Gasteiger partial charge in [0.25, 0.3) is 5.69 Å². The highest BCUT2D eigenvalue weighted by Crippen LogP contribution is 2.32. The minimum Gasteiger partial charge on any atom is -0.463 e. The number of carbonyl (C=O) groups excluding carboxylic acids is 2. The monoisotopic (exact) mass is 348 g/mol. The molecule has 0 aliphatic carbocycles. The Morgan fingerprint density at radius 2 is 2.20 bits per heavy atom. The number of cyclic esters (lactones) is 1. The molecule has 8 nitrogen and oxygen atoms in total. The maximum atomic E-state index is 12.2. The number of hydrogen-bond donors (Lipinski definition) is 0. The van der Waals surface area contributed by atoms with Crippen molar-refractivity contribution in [3.05, 3.63) is 33.9 Å². The summed E-state index contributed by atoms with van der Waals surface area (Å²) in [5.41, 5.74) is 0.436. The molecule has 0 amide bonds. The summed E-state index contributed by atoms with van der Waals surface area (Å²) in [7, 11) is 0. The Balaban J connectivity index is 1.82. The van der Waals surface area contributed by atoms with Gasteiger partial charge >= 0.3 is 11.9 Å². The molecule has 1 aromatic rings. The van der Waals surface area contributed by atoms with Crippen LogP contribution in [0.5, 0.6) is 0 Å². The highest BCUT2D eigenvalue weighted by atomic mass is 16.6. The first-order valence-corrected chi connectivity index (χ1v) is 8.36. The number of rotatable bonds is 4. The van der Waals surface area contributed by atoms with E-state index in [0.717, 1.165) is 25.9 Å². The molecule has 2 saturated heterocycles. The van der Waals surface area contributed by atoms with Gasteiger partial charge in [0, 0.05) is 25.6 Å². The minimum absolute atomic E-state index is 0.0557. The van der Waals surface area contributed by atoms with Crippen LogP contribution >= 0.6 is 0 Å². The van der Waals surface area contributed by atoms with E-state index >= 15 is 0 Å². The van der Waals surface area contributed by atoms with Gasteiger partial charge in [-0.1, -0.05) is 6.92 Å². The average molecular weight is 348 g/mol. The quantitative estimate of drug-likeness (QED) is 0.467. The highest BCUT2D eigenvalue weighted by molar-refractivity contribution is 5.93. The molecule has 2 aliphatic rings. The minimum atomic E-state index is -0.936. The van der Waals surface area contributed by atoms with E-state index in [2.05, 4.69) is 6.92 Å². The fourth-order valence-electron chi connectivity index (χ4n) is 3.25. The van der Waals surface area contributed by atoms with Crippen LogP contribution in [0.15, 0.2) is 18.2 Å². The second-order valence-electron chi connectivity index (χ2n) is 6.50. The van der Waals surface area contributed by atoms with E-state index in [1.165, 1.54) is 12.1 Å². The van der Waals surface area contributed by atoms with Crippen LogP contribution in [0.25, 0.3) is 0 Å². The Labute approximate surface area is 144 Å². The van der Waals surface area contributed by atoms with E-state index < -0.39 is 23.0 Å². The molecule has 3 rings (SSSR count). The lowest BCUT2D eigenvalue weighted by molar-refractivity contribution is -0.384. The largest absolute Gasteiger partial charge is 0.463 e. The molecule has 1 aromatic carbocycles. The van der Waals surface area contributed by atoms with Crippen LogP contribution in [-0.4, -0.2) is 42.7 Å². The van der Waals surface area contributed by atoms with Crippen molar-refractivity contribution in [1.29, 1.82) is 0 Å². The maximum absolute atomic E-state index is 12.2. The van der Waals surface area contributed by atoms with Crippen LogP contribution in [0.2, 0.25) is 0 Å². The van der Waals surface area contributed by atoms with Crippen molar-refractivity contribution in [2.45, 2.75) is 32.3 Å².